The van der Waals surface area contributed by atoms with E-state index in [4.69, 9.17) is 11.6 Å². The van der Waals surface area contributed by atoms with E-state index in [1.54, 1.807) is 0 Å². The maximum atomic E-state index is 6.17. The van der Waals surface area contributed by atoms with Gasteiger partial charge in [-0.2, -0.15) is 0 Å². The number of halogens is 2. The SMILES string of the molecule is Cc1cc(C(Br)C2(C)CCCC2)c(C)cc1Cl. The monoisotopic (exact) mass is 314 g/mol. The lowest BCUT2D eigenvalue weighted by atomic mass is 9.80. The molecule has 0 spiro atoms. The van der Waals surface area contributed by atoms with E-state index in [0.717, 1.165) is 5.02 Å². The summed E-state index contributed by atoms with van der Waals surface area (Å²) in [5, 5.41) is 0.877. The second kappa shape index (κ2) is 4.93. The highest BCUT2D eigenvalue weighted by Crippen LogP contribution is 2.52. The number of aryl methyl sites for hydroxylation is 2. The van der Waals surface area contributed by atoms with E-state index in [0.29, 0.717) is 10.2 Å². The Morgan fingerprint density at radius 2 is 1.76 bits per heavy atom. The van der Waals surface area contributed by atoms with Gasteiger partial charge in [0.2, 0.25) is 0 Å². The molecule has 0 aliphatic heterocycles. The minimum atomic E-state index is 0.408. The molecule has 0 nitrogen and oxygen atoms in total. The van der Waals surface area contributed by atoms with Gasteiger partial charge in [-0.25, -0.2) is 0 Å². The van der Waals surface area contributed by atoms with Crippen LogP contribution in [0, 0.1) is 19.3 Å². The quantitative estimate of drug-likeness (QED) is 0.589. The van der Waals surface area contributed by atoms with Crippen molar-refractivity contribution in [3.8, 4) is 0 Å². The Kier molecular flexibility index (Phi) is 3.89. The molecule has 17 heavy (non-hydrogen) atoms. The summed E-state index contributed by atoms with van der Waals surface area (Å²) in [4.78, 5) is 0.452. The Balaban J connectivity index is 2.36. The molecule has 1 unspecified atom stereocenters. The predicted octanol–water partition coefficient (Wildman–Crippen LogP) is 5.97. The van der Waals surface area contributed by atoms with Crippen molar-refractivity contribution in [3.05, 3.63) is 33.8 Å². The van der Waals surface area contributed by atoms with Crippen molar-refractivity contribution < 1.29 is 0 Å². The third-order valence-electron chi connectivity index (χ3n) is 4.18. The predicted molar refractivity (Wildman–Crippen MR) is 79.2 cm³/mol. The van der Waals surface area contributed by atoms with Crippen LogP contribution in [0.1, 0.15) is 54.1 Å². The first-order valence-corrected chi connectivity index (χ1v) is 7.64. The number of rotatable bonds is 2. The number of hydrogen-bond donors (Lipinski definition) is 0. The summed E-state index contributed by atoms with van der Waals surface area (Å²) >= 11 is 10.1. The van der Waals surface area contributed by atoms with E-state index in [-0.39, 0.29) is 0 Å². The highest BCUT2D eigenvalue weighted by atomic mass is 79.9. The van der Waals surface area contributed by atoms with Crippen molar-refractivity contribution in [2.24, 2.45) is 5.41 Å². The molecule has 94 valence electrons. The van der Waals surface area contributed by atoms with Crippen LogP contribution in [0.25, 0.3) is 0 Å². The standard InChI is InChI=1S/C15H20BrCl/c1-10-9-13(17)11(2)8-12(10)14(16)15(3)6-4-5-7-15/h8-9,14H,4-7H2,1-3H3. The first kappa shape index (κ1) is 13.4. The molecule has 0 bridgehead atoms. The molecule has 0 amide bonds. The van der Waals surface area contributed by atoms with Gasteiger partial charge in [0.05, 0.1) is 0 Å². The van der Waals surface area contributed by atoms with E-state index in [9.17, 15) is 0 Å². The molecule has 0 aromatic heterocycles. The van der Waals surface area contributed by atoms with Gasteiger partial charge in [0.25, 0.3) is 0 Å². The Morgan fingerprint density at radius 3 is 2.35 bits per heavy atom. The summed E-state index contributed by atoms with van der Waals surface area (Å²) in [6.45, 7) is 6.65. The van der Waals surface area contributed by atoms with E-state index in [2.05, 4.69) is 48.8 Å². The third-order valence-corrected chi connectivity index (χ3v) is 6.18. The van der Waals surface area contributed by atoms with Crippen LogP contribution in [0.3, 0.4) is 0 Å². The van der Waals surface area contributed by atoms with Crippen molar-refractivity contribution in [2.45, 2.75) is 51.3 Å². The van der Waals surface area contributed by atoms with E-state index < -0.39 is 0 Å². The highest BCUT2D eigenvalue weighted by Gasteiger charge is 2.36. The summed E-state index contributed by atoms with van der Waals surface area (Å²) in [7, 11) is 0. The van der Waals surface area contributed by atoms with Gasteiger partial charge in [0.15, 0.2) is 0 Å². The van der Waals surface area contributed by atoms with Gasteiger partial charge in [0, 0.05) is 9.85 Å². The van der Waals surface area contributed by atoms with Gasteiger partial charge in [-0.05, 0) is 54.9 Å². The maximum Gasteiger partial charge on any atom is 0.0451 e. The van der Waals surface area contributed by atoms with Crippen LogP contribution in [-0.4, -0.2) is 0 Å². The van der Waals surface area contributed by atoms with Crippen molar-refractivity contribution in [3.63, 3.8) is 0 Å². The van der Waals surface area contributed by atoms with Gasteiger partial charge in [-0.1, -0.05) is 53.4 Å². The molecule has 0 N–H and O–H groups in total. The Labute approximate surface area is 118 Å². The van der Waals surface area contributed by atoms with Gasteiger partial charge in [-0.15, -0.1) is 0 Å². The lowest BCUT2D eigenvalue weighted by molar-refractivity contribution is 0.331. The summed E-state index contributed by atoms with van der Waals surface area (Å²) in [6, 6.07) is 4.35. The zero-order valence-corrected chi connectivity index (χ0v) is 13.2. The molecule has 1 aromatic carbocycles. The Morgan fingerprint density at radius 1 is 1.18 bits per heavy atom. The highest BCUT2D eigenvalue weighted by molar-refractivity contribution is 9.09. The van der Waals surface area contributed by atoms with E-state index in [1.165, 1.54) is 42.4 Å². The van der Waals surface area contributed by atoms with Crippen molar-refractivity contribution in [1.29, 1.82) is 0 Å². The third kappa shape index (κ3) is 2.56. The molecule has 1 saturated carbocycles. The molecular formula is C15H20BrCl. The summed E-state index contributed by atoms with van der Waals surface area (Å²) in [5.74, 6) is 0. The van der Waals surface area contributed by atoms with Crippen LogP contribution in [0.15, 0.2) is 12.1 Å². The minimum absolute atomic E-state index is 0.408. The molecule has 2 rings (SSSR count). The normalized spacial score (nSPS) is 20.5. The Hall–Kier alpha value is -0.0100. The fraction of sp³-hybridized carbons (Fsp3) is 0.600. The van der Waals surface area contributed by atoms with Crippen LogP contribution in [0.4, 0.5) is 0 Å². The van der Waals surface area contributed by atoms with E-state index in [1.807, 2.05) is 0 Å². The van der Waals surface area contributed by atoms with Gasteiger partial charge in [0.1, 0.15) is 0 Å². The van der Waals surface area contributed by atoms with Crippen LogP contribution < -0.4 is 0 Å². The molecule has 1 aliphatic rings. The maximum absolute atomic E-state index is 6.17. The average Bonchev–Trinajstić information content (AvgIpc) is 2.71. The number of benzene rings is 1. The van der Waals surface area contributed by atoms with Crippen LogP contribution in [0.2, 0.25) is 5.02 Å². The summed E-state index contributed by atoms with van der Waals surface area (Å²) in [5.41, 5.74) is 4.30. The van der Waals surface area contributed by atoms with Crippen LogP contribution in [0.5, 0.6) is 0 Å². The first-order chi connectivity index (χ1) is 7.94. The fourth-order valence-corrected chi connectivity index (χ4v) is 4.06. The minimum Gasteiger partial charge on any atom is -0.0840 e. The second-order valence-electron chi connectivity index (χ2n) is 5.68. The number of hydrogen-bond acceptors (Lipinski definition) is 0. The summed E-state index contributed by atoms with van der Waals surface area (Å²) < 4.78 is 0. The molecule has 1 aliphatic carbocycles. The van der Waals surface area contributed by atoms with Gasteiger partial charge < -0.3 is 0 Å². The van der Waals surface area contributed by atoms with Crippen LogP contribution in [-0.2, 0) is 0 Å². The average molecular weight is 316 g/mol. The smallest absolute Gasteiger partial charge is 0.0451 e. The molecule has 0 radical (unpaired) electrons. The van der Waals surface area contributed by atoms with Gasteiger partial charge >= 0.3 is 0 Å². The molecule has 0 heterocycles. The molecule has 2 heteroatoms. The zero-order valence-electron chi connectivity index (χ0n) is 10.8. The lowest BCUT2D eigenvalue weighted by Crippen LogP contribution is -2.18. The van der Waals surface area contributed by atoms with Crippen molar-refractivity contribution in [2.75, 3.05) is 0 Å². The second-order valence-corrected chi connectivity index (χ2v) is 7.00. The lowest BCUT2D eigenvalue weighted by Gasteiger charge is -2.31. The van der Waals surface area contributed by atoms with E-state index >= 15 is 0 Å². The molecule has 1 atom stereocenters. The molecule has 0 saturated heterocycles. The van der Waals surface area contributed by atoms with Crippen LogP contribution >= 0.6 is 27.5 Å². The molecular weight excluding hydrogens is 296 g/mol. The summed E-state index contributed by atoms with van der Waals surface area (Å²) in [6.07, 6.45) is 5.38. The fourth-order valence-electron chi connectivity index (χ4n) is 2.89. The van der Waals surface area contributed by atoms with Crippen molar-refractivity contribution >= 4 is 27.5 Å². The Bertz CT molecular complexity index is 419. The van der Waals surface area contributed by atoms with Gasteiger partial charge in [-0.3, -0.25) is 0 Å². The molecule has 1 fully saturated rings. The zero-order chi connectivity index (χ0) is 12.6. The first-order valence-electron chi connectivity index (χ1n) is 6.35. The largest absolute Gasteiger partial charge is 0.0840 e. The van der Waals surface area contributed by atoms with Crippen molar-refractivity contribution in [1.82, 2.24) is 0 Å². The topological polar surface area (TPSA) is 0 Å². The number of alkyl halides is 1. The molecule has 1 aromatic rings.